The highest BCUT2D eigenvalue weighted by molar-refractivity contribution is 8.13. The Hall–Kier alpha value is 0.0500. The molecule has 0 aliphatic carbocycles. The fourth-order valence-corrected chi connectivity index (χ4v) is 3.97. The molecule has 0 aromatic carbocycles. The van der Waals surface area contributed by atoms with Crippen LogP contribution < -0.4 is 0 Å². The molecule has 0 amide bonds. The molecule has 33 heavy (non-hydrogen) atoms. The topological polar surface area (TPSA) is 97.7 Å². The van der Waals surface area contributed by atoms with Crippen molar-refractivity contribution in [1.29, 1.82) is 0 Å². The number of ether oxygens (including phenoxy) is 1. The number of alkyl halides is 5. The van der Waals surface area contributed by atoms with Gasteiger partial charge < -0.3 is 9.84 Å². The van der Waals surface area contributed by atoms with Crippen LogP contribution in [0.3, 0.4) is 0 Å². The van der Waals surface area contributed by atoms with E-state index in [2.05, 4.69) is 17.6 Å². The van der Waals surface area contributed by atoms with Crippen LogP contribution in [0.2, 0.25) is 0 Å². The second-order valence-corrected chi connectivity index (χ2v) is 12.3. The molecule has 15 heteroatoms. The van der Waals surface area contributed by atoms with Gasteiger partial charge in [0.2, 0.25) is 9.05 Å². The van der Waals surface area contributed by atoms with Gasteiger partial charge in [0.05, 0.1) is 24.6 Å². The van der Waals surface area contributed by atoms with Crippen molar-refractivity contribution in [3.8, 4) is 0 Å². The van der Waals surface area contributed by atoms with Crippen LogP contribution in [0.1, 0.15) is 73.1 Å². The van der Waals surface area contributed by atoms with Gasteiger partial charge in [0.15, 0.2) is 15.6 Å². The van der Waals surface area contributed by atoms with Crippen molar-refractivity contribution in [3.63, 3.8) is 0 Å². The molecule has 0 spiro atoms. The number of rotatable bonds is 12. The summed E-state index contributed by atoms with van der Waals surface area (Å²) < 4.78 is 105. The van der Waals surface area contributed by atoms with Gasteiger partial charge in [-0.25, -0.2) is 25.6 Å². The van der Waals surface area contributed by atoms with Gasteiger partial charge in [0, 0.05) is 17.6 Å². The number of hydrogen-bond donors (Lipinski definition) is 1. The van der Waals surface area contributed by atoms with Crippen LogP contribution in [0, 0.1) is 12.4 Å². The molecular weight excluding hydrogens is 542 g/mol. The number of sulfone groups is 1. The second kappa shape index (κ2) is 19.3. The van der Waals surface area contributed by atoms with E-state index in [-0.39, 0.29) is 24.6 Å². The molecule has 6 nitrogen and oxygen atoms in total. The van der Waals surface area contributed by atoms with Crippen molar-refractivity contribution in [2.24, 2.45) is 0 Å². The molecule has 0 saturated heterocycles. The Bertz CT molecular complexity index is 667. The number of aliphatic hydroxyl groups excluding tert-OH is 1. The first kappa shape index (κ1) is 40.2. The van der Waals surface area contributed by atoms with E-state index in [1.54, 1.807) is 6.92 Å². The van der Waals surface area contributed by atoms with Crippen LogP contribution in [-0.2, 0) is 23.6 Å². The van der Waals surface area contributed by atoms with E-state index in [1.165, 1.54) is 6.42 Å². The molecule has 0 aromatic rings. The molecule has 1 N–H and O–H groups in total. The zero-order chi connectivity index (χ0) is 26.2. The second-order valence-electron chi connectivity index (χ2n) is 7.49. The Morgan fingerprint density at radius 2 is 1.33 bits per heavy atom. The maximum Gasteiger partial charge on any atom is 0.404 e. The van der Waals surface area contributed by atoms with Crippen molar-refractivity contribution >= 4 is 29.6 Å². The summed E-state index contributed by atoms with van der Waals surface area (Å²) in [6, 6.07) is 0. The van der Waals surface area contributed by atoms with Gasteiger partial charge in [0.1, 0.15) is 11.7 Å². The Morgan fingerprint density at radius 3 is 1.58 bits per heavy atom. The third-order valence-corrected chi connectivity index (χ3v) is 5.72. The first-order valence-electron chi connectivity index (χ1n) is 10.0. The van der Waals surface area contributed by atoms with Gasteiger partial charge in [0.25, 0.3) is 5.92 Å². The SMILES string of the molecule is CCCCC(C)O.CCCCC(C)OCS(=O)(=O)CC(C)(F)F.O=S(=O)(Cl)CC(F)(F)F.[ClH2+]. The number of halogens is 7. The molecule has 0 aliphatic heterocycles. The normalized spacial score (nSPS) is 14.1. The maximum absolute atomic E-state index is 12.5. The monoisotopic (exact) mass is 579 g/mol. The van der Waals surface area contributed by atoms with E-state index in [9.17, 15) is 38.8 Å². The Morgan fingerprint density at radius 1 is 0.909 bits per heavy atom. The standard InChI is InChI=1S/C10H20F2O3S.C6H14O.C2H2ClF3O2S.ClH2/c1-4-5-6-9(2)15-8-16(13,14)7-10(3,11)12;1-3-4-5-6(2)7;3-9(7,8)1-2(4,5)6;/h9H,4-8H2,1-3H3;6-7H,3-5H2,1-2H3;1H2;1H2/q;;;+1. The third kappa shape index (κ3) is 42.6. The lowest BCUT2D eigenvalue weighted by Crippen LogP contribution is -2.28. The summed E-state index contributed by atoms with van der Waals surface area (Å²) >= 11 is 0. The lowest BCUT2D eigenvalue weighted by atomic mass is 10.2. The van der Waals surface area contributed by atoms with Gasteiger partial charge in [-0.3, -0.25) is 0 Å². The Kier molecular flexibility index (Phi) is 23.5. The minimum atomic E-state index is -4.74. The fraction of sp³-hybridized carbons (Fsp3) is 1.00. The highest BCUT2D eigenvalue weighted by Gasteiger charge is 2.34. The van der Waals surface area contributed by atoms with Gasteiger partial charge in [-0.1, -0.05) is 39.5 Å². The molecule has 2 unspecified atom stereocenters. The molecular formula is C18H38Cl2F5O6S2+. The van der Waals surface area contributed by atoms with Crippen LogP contribution in [0.4, 0.5) is 22.0 Å². The van der Waals surface area contributed by atoms with Crippen LogP contribution in [-0.4, -0.2) is 63.7 Å². The summed E-state index contributed by atoms with van der Waals surface area (Å²) in [6.07, 6.45) is 0.924. The highest BCUT2D eigenvalue weighted by atomic mass is 35.7. The van der Waals surface area contributed by atoms with Crippen LogP contribution in [0.15, 0.2) is 0 Å². The fourth-order valence-electron chi connectivity index (χ4n) is 1.92. The smallest absolute Gasteiger partial charge is 0.393 e. The summed E-state index contributed by atoms with van der Waals surface area (Å²) in [5.41, 5.74) is 0. The van der Waals surface area contributed by atoms with Crippen molar-refractivity contribution in [2.45, 2.75) is 97.5 Å². The van der Waals surface area contributed by atoms with Gasteiger partial charge >= 0.3 is 6.18 Å². The largest absolute Gasteiger partial charge is 0.404 e. The van der Waals surface area contributed by atoms with Crippen LogP contribution >= 0.6 is 10.7 Å². The minimum absolute atomic E-state index is 0. The highest BCUT2D eigenvalue weighted by Crippen LogP contribution is 2.19. The summed E-state index contributed by atoms with van der Waals surface area (Å²) in [6.45, 7) is 8.31. The van der Waals surface area contributed by atoms with Gasteiger partial charge in [-0.15, -0.1) is 0 Å². The lowest BCUT2D eigenvalue weighted by Gasteiger charge is -2.14. The summed E-state index contributed by atoms with van der Waals surface area (Å²) in [5, 5.41) is 8.68. The first-order chi connectivity index (χ1) is 14.1. The number of aliphatic hydroxyl groups is 1. The molecule has 0 bridgehead atoms. The Labute approximate surface area is 205 Å². The molecule has 0 rings (SSSR count). The van der Waals surface area contributed by atoms with Crippen molar-refractivity contribution in [3.05, 3.63) is 0 Å². The molecule has 206 valence electrons. The number of hydrogen-bond acceptors (Lipinski definition) is 6. The zero-order valence-electron chi connectivity index (χ0n) is 19.5. The van der Waals surface area contributed by atoms with E-state index < -0.39 is 48.4 Å². The molecule has 0 aromatic heterocycles. The van der Waals surface area contributed by atoms with E-state index in [1.807, 2.05) is 13.8 Å². The predicted octanol–water partition coefficient (Wildman–Crippen LogP) is 4.75. The average Bonchev–Trinajstić information content (AvgIpc) is 2.52. The third-order valence-electron chi connectivity index (χ3n) is 3.28. The maximum atomic E-state index is 12.5. The molecule has 0 heterocycles. The summed E-state index contributed by atoms with van der Waals surface area (Å²) in [7, 11) is -4.00. The van der Waals surface area contributed by atoms with Gasteiger partial charge in [-0.05, 0) is 26.7 Å². The number of unbranched alkanes of at least 4 members (excludes halogenated alkanes) is 2. The van der Waals surface area contributed by atoms with Crippen LogP contribution in [0.5, 0.6) is 0 Å². The van der Waals surface area contributed by atoms with E-state index in [0.29, 0.717) is 6.92 Å². The van der Waals surface area contributed by atoms with Crippen molar-refractivity contribution in [2.75, 3.05) is 17.4 Å². The molecule has 0 aliphatic rings. The average molecular weight is 581 g/mol. The molecule has 0 saturated carbocycles. The summed E-state index contributed by atoms with van der Waals surface area (Å²) in [4.78, 5) is 0. The van der Waals surface area contributed by atoms with Crippen LogP contribution in [0.25, 0.3) is 0 Å². The first-order valence-corrected chi connectivity index (χ1v) is 14.3. The van der Waals surface area contributed by atoms with E-state index in [4.69, 9.17) is 9.84 Å². The molecule has 0 radical (unpaired) electrons. The molecule has 2 atom stereocenters. The Balaban J connectivity index is -0.000000210. The van der Waals surface area contributed by atoms with Crippen molar-refractivity contribution < 1.29 is 61.0 Å². The quantitative estimate of drug-likeness (QED) is 0.265. The van der Waals surface area contributed by atoms with E-state index in [0.717, 1.165) is 32.1 Å². The lowest BCUT2D eigenvalue weighted by molar-refractivity contribution is -0.106. The predicted molar refractivity (Wildman–Crippen MR) is 119 cm³/mol. The zero-order valence-corrected chi connectivity index (χ0v) is 22.8. The minimum Gasteiger partial charge on any atom is -0.393 e. The van der Waals surface area contributed by atoms with E-state index >= 15 is 0 Å². The molecule has 0 fully saturated rings. The van der Waals surface area contributed by atoms with Crippen molar-refractivity contribution in [1.82, 2.24) is 0 Å². The summed E-state index contributed by atoms with van der Waals surface area (Å²) in [5.74, 6) is -6.95. The van der Waals surface area contributed by atoms with Gasteiger partial charge in [-0.2, -0.15) is 13.2 Å².